The van der Waals surface area contributed by atoms with E-state index in [1.54, 1.807) is 11.3 Å². The lowest BCUT2D eigenvalue weighted by Crippen LogP contribution is -2.07. The van der Waals surface area contributed by atoms with Gasteiger partial charge in [0, 0.05) is 35.3 Å². The summed E-state index contributed by atoms with van der Waals surface area (Å²) in [6.07, 6.45) is 1.82. The van der Waals surface area contributed by atoms with Crippen molar-refractivity contribution in [2.45, 2.75) is 20.4 Å². The van der Waals surface area contributed by atoms with Crippen LogP contribution in [0.15, 0.2) is 23.7 Å². The number of fused-ring (bicyclic) bond motifs is 1. The first-order chi connectivity index (χ1) is 9.19. The molecule has 19 heavy (non-hydrogen) atoms. The zero-order valence-electron chi connectivity index (χ0n) is 10.8. The average Bonchev–Trinajstić information content (AvgIpc) is 2.85. The second-order valence-corrected chi connectivity index (χ2v) is 5.38. The van der Waals surface area contributed by atoms with E-state index in [1.807, 2.05) is 31.5 Å². The average molecular weight is 270 g/mol. The van der Waals surface area contributed by atoms with Crippen LogP contribution in [0.5, 0.6) is 0 Å². The fraction of sp³-hybridized carbons (Fsp3) is 0.214. The lowest BCUT2D eigenvalue weighted by atomic mass is 10.1. The summed E-state index contributed by atoms with van der Waals surface area (Å²) < 4.78 is 1.15. The lowest BCUT2D eigenvalue weighted by Gasteiger charge is -2.08. The van der Waals surface area contributed by atoms with Crippen molar-refractivity contribution < 1.29 is 0 Å². The van der Waals surface area contributed by atoms with E-state index in [0.29, 0.717) is 6.54 Å². The van der Waals surface area contributed by atoms with Crippen LogP contribution in [0.1, 0.15) is 17.0 Å². The van der Waals surface area contributed by atoms with Gasteiger partial charge in [-0.25, -0.2) is 9.97 Å². The molecule has 3 aromatic heterocycles. The molecule has 96 valence electrons. The van der Waals surface area contributed by atoms with Crippen LogP contribution in [0.2, 0.25) is 0 Å². The van der Waals surface area contributed by atoms with Crippen LogP contribution in [0.3, 0.4) is 0 Å². The van der Waals surface area contributed by atoms with Crippen LogP contribution in [-0.2, 0) is 6.54 Å². The highest BCUT2D eigenvalue weighted by Gasteiger charge is 2.10. The first-order valence-electron chi connectivity index (χ1n) is 6.07. The highest BCUT2D eigenvalue weighted by molar-refractivity contribution is 7.17. The van der Waals surface area contributed by atoms with E-state index in [4.69, 9.17) is 5.73 Å². The summed E-state index contributed by atoms with van der Waals surface area (Å²) in [6.45, 7) is 4.41. The summed E-state index contributed by atoms with van der Waals surface area (Å²) in [5.74, 6) is 0.718. The number of hydrogen-bond donors (Lipinski definition) is 1. The number of thiophene rings is 1. The Hall–Kier alpha value is -1.85. The largest absolute Gasteiger partial charge is 0.326 e. The SMILES string of the molecule is Cc1nc(-c2cnc3ccsc3c2)nc(C)c1CN. The van der Waals surface area contributed by atoms with Crippen molar-refractivity contribution in [3.05, 3.63) is 40.7 Å². The molecule has 0 aromatic carbocycles. The zero-order chi connectivity index (χ0) is 13.4. The van der Waals surface area contributed by atoms with Crippen molar-refractivity contribution in [1.29, 1.82) is 0 Å². The van der Waals surface area contributed by atoms with Crippen LogP contribution >= 0.6 is 11.3 Å². The molecular weight excluding hydrogens is 256 g/mol. The summed E-state index contributed by atoms with van der Waals surface area (Å²) in [6, 6.07) is 4.10. The molecule has 0 spiro atoms. The highest BCUT2D eigenvalue weighted by Crippen LogP contribution is 2.24. The number of hydrogen-bond acceptors (Lipinski definition) is 5. The molecule has 0 saturated heterocycles. The maximum Gasteiger partial charge on any atom is 0.161 e. The van der Waals surface area contributed by atoms with E-state index >= 15 is 0 Å². The Labute approximate surface area is 115 Å². The van der Waals surface area contributed by atoms with E-state index in [1.165, 1.54) is 0 Å². The van der Waals surface area contributed by atoms with Crippen LogP contribution in [0.4, 0.5) is 0 Å². The zero-order valence-corrected chi connectivity index (χ0v) is 11.7. The third kappa shape index (κ3) is 2.11. The van der Waals surface area contributed by atoms with Gasteiger partial charge >= 0.3 is 0 Å². The molecule has 0 aliphatic carbocycles. The fourth-order valence-electron chi connectivity index (χ4n) is 2.13. The minimum Gasteiger partial charge on any atom is -0.326 e. The third-order valence-corrected chi connectivity index (χ3v) is 4.04. The first-order valence-corrected chi connectivity index (χ1v) is 6.95. The van der Waals surface area contributed by atoms with Crippen molar-refractivity contribution in [2.24, 2.45) is 5.73 Å². The molecule has 5 heteroatoms. The number of pyridine rings is 1. The van der Waals surface area contributed by atoms with Crippen molar-refractivity contribution >= 4 is 21.6 Å². The summed E-state index contributed by atoms with van der Waals surface area (Å²) in [4.78, 5) is 13.5. The van der Waals surface area contributed by atoms with Gasteiger partial charge in [-0.15, -0.1) is 11.3 Å². The molecule has 4 nitrogen and oxygen atoms in total. The number of nitrogens with two attached hydrogens (primary N) is 1. The molecule has 0 bridgehead atoms. The van der Waals surface area contributed by atoms with Gasteiger partial charge in [0.25, 0.3) is 0 Å². The molecule has 0 radical (unpaired) electrons. The summed E-state index contributed by atoms with van der Waals surface area (Å²) in [5.41, 5.74) is 10.6. The van der Waals surface area contributed by atoms with Gasteiger partial charge in [-0.1, -0.05) is 0 Å². The van der Waals surface area contributed by atoms with Crippen LogP contribution in [-0.4, -0.2) is 15.0 Å². The van der Waals surface area contributed by atoms with E-state index < -0.39 is 0 Å². The normalized spacial score (nSPS) is 11.1. The molecule has 0 fully saturated rings. The van der Waals surface area contributed by atoms with Gasteiger partial charge in [0.15, 0.2) is 5.82 Å². The smallest absolute Gasteiger partial charge is 0.161 e. The Morgan fingerprint density at radius 1 is 1.21 bits per heavy atom. The molecular formula is C14H14N4S. The molecule has 0 aliphatic heterocycles. The molecule has 0 saturated carbocycles. The highest BCUT2D eigenvalue weighted by atomic mass is 32.1. The Morgan fingerprint density at radius 2 is 1.95 bits per heavy atom. The summed E-state index contributed by atoms with van der Waals surface area (Å²) >= 11 is 1.67. The van der Waals surface area contributed by atoms with Crippen molar-refractivity contribution in [1.82, 2.24) is 15.0 Å². The third-order valence-electron chi connectivity index (χ3n) is 3.19. The monoisotopic (exact) mass is 270 g/mol. The molecule has 3 aromatic rings. The second-order valence-electron chi connectivity index (χ2n) is 4.43. The van der Waals surface area contributed by atoms with Crippen molar-refractivity contribution in [2.75, 3.05) is 0 Å². The van der Waals surface area contributed by atoms with Gasteiger partial charge in [-0.3, -0.25) is 4.98 Å². The van der Waals surface area contributed by atoms with Crippen LogP contribution in [0.25, 0.3) is 21.6 Å². The molecule has 0 aliphatic rings. The minimum atomic E-state index is 0.472. The Balaban J connectivity index is 2.15. The van der Waals surface area contributed by atoms with Gasteiger partial charge in [0.2, 0.25) is 0 Å². The van der Waals surface area contributed by atoms with Gasteiger partial charge in [-0.2, -0.15) is 0 Å². The van der Waals surface area contributed by atoms with Crippen molar-refractivity contribution in [3.63, 3.8) is 0 Å². The second kappa shape index (κ2) is 4.68. The maximum absolute atomic E-state index is 5.71. The van der Waals surface area contributed by atoms with E-state index in [9.17, 15) is 0 Å². The quantitative estimate of drug-likeness (QED) is 0.777. The number of aromatic nitrogens is 3. The first kappa shape index (κ1) is 12.2. The molecule has 2 N–H and O–H groups in total. The summed E-state index contributed by atoms with van der Waals surface area (Å²) in [7, 11) is 0. The summed E-state index contributed by atoms with van der Waals surface area (Å²) in [5, 5.41) is 2.04. The van der Waals surface area contributed by atoms with Gasteiger partial charge in [0.05, 0.1) is 10.2 Å². The minimum absolute atomic E-state index is 0.472. The maximum atomic E-state index is 5.71. The number of aryl methyl sites for hydroxylation is 2. The topological polar surface area (TPSA) is 64.7 Å². The molecule has 0 amide bonds. The predicted molar refractivity (Wildman–Crippen MR) is 78.0 cm³/mol. The Bertz CT molecular complexity index is 725. The predicted octanol–water partition coefficient (Wildman–Crippen LogP) is 2.83. The van der Waals surface area contributed by atoms with Gasteiger partial charge in [0.1, 0.15) is 0 Å². The fourth-order valence-corrected chi connectivity index (χ4v) is 2.91. The Kier molecular flexibility index (Phi) is 3.00. The molecule has 3 rings (SSSR count). The number of rotatable bonds is 2. The van der Waals surface area contributed by atoms with E-state index in [0.717, 1.165) is 38.6 Å². The molecule has 0 unspecified atom stereocenters. The van der Waals surface area contributed by atoms with E-state index in [2.05, 4.69) is 21.0 Å². The lowest BCUT2D eigenvalue weighted by molar-refractivity contribution is 0.938. The molecule has 3 heterocycles. The van der Waals surface area contributed by atoms with Gasteiger partial charge < -0.3 is 5.73 Å². The number of nitrogens with zero attached hydrogens (tertiary/aromatic N) is 3. The molecule has 0 atom stereocenters. The van der Waals surface area contributed by atoms with Crippen LogP contribution in [0, 0.1) is 13.8 Å². The van der Waals surface area contributed by atoms with E-state index in [-0.39, 0.29) is 0 Å². The van der Waals surface area contributed by atoms with Crippen LogP contribution < -0.4 is 5.73 Å². The Morgan fingerprint density at radius 3 is 2.63 bits per heavy atom. The standard InChI is InChI=1S/C14H14N4S/c1-8-11(6-15)9(2)18-14(17-8)10-5-13-12(16-7-10)3-4-19-13/h3-5,7H,6,15H2,1-2H3. The van der Waals surface area contributed by atoms with Gasteiger partial charge in [-0.05, 0) is 31.4 Å². The van der Waals surface area contributed by atoms with Crippen molar-refractivity contribution in [3.8, 4) is 11.4 Å².